The van der Waals surface area contributed by atoms with Gasteiger partial charge in [0, 0.05) is 50.0 Å². The van der Waals surface area contributed by atoms with Crippen LogP contribution in [0.5, 0.6) is 11.5 Å². The van der Waals surface area contributed by atoms with Crippen LogP contribution in [0.1, 0.15) is 18.4 Å². The van der Waals surface area contributed by atoms with Crippen LogP contribution in [0.15, 0.2) is 36.4 Å². The molecule has 2 aromatic carbocycles. The highest BCUT2D eigenvalue weighted by Crippen LogP contribution is 2.41. The number of aliphatic hydroxyl groups excluding tert-OH is 1. The number of nitrogens with two attached hydrogens (primary N) is 1. The van der Waals surface area contributed by atoms with Crippen molar-refractivity contribution in [3.8, 4) is 11.5 Å². The van der Waals surface area contributed by atoms with E-state index in [1.165, 1.54) is 23.8 Å². The number of nitrogens with zero attached hydrogens (tertiary/aromatic N) is 1. The van der Waals surface area contributed by atoms with Gasteiger partial charge in [0.15, 0.2) is 0 Å². The summed E-state index contributed by atoms with van der Waals surface area (Å²) in [7, 11) is 0. The molecule has 2 aromatic rings. The molecule has 0 amide bonds. The van der Waals surface area contributed by atoms with Crippen LogP contribution in [0.3, 0.4) is 0 Å². The van der Waals surface area contributed by atoms with E-state index in [1.54, 1.807) is 0 Å². The van der Waals surface area contributed by atoms with Crippen LogP contribution in [-0.2, 0) is 6.42 Å². The molecule has 1 fully saturated rings. The van der Waals surface area contributed by atoms with Crippen LogP contribution in [0, 0.1) is 5.82 Å². The maximum atomic E-state index is 13.3. The van der Waals surface area contributed by atoms with Crippen LogP contribution in [0.4, 0.5) is 10.1 Å². The van der Waals surface area contributed by atoms with Crippen LogP contribution in [0.25, 0.3) is 0 Å². The van der Waals surface area contributed by atoms with E-state index in [-0.39, 0.29) is 42.8 Å². The zero-order valence-electron chi connectivity index (χ0n) is 16.4. The summed E-state index contributed by atoms with van der Waals surface area (Å²) in [6.45, 7) is 2.22. The number of aliphatic hydroxyl groups is 1. The van der Waals surface area contributed by atoms with Crippen LogP contribution >= 0.6 is 36.4 Å². The molecule has 0 bridgehead atoms. The lowest BCUT2D eigenvalue weighted by atomic mass is 9.87. The SMILES string of the molecule is Cl.Cl.Nc1ccc(F)cc1OC[C@@H](O)CN1CCC2(CC1)Cc1cc(Cl)ccc1O2. The molecule has 30 heavy (non-hydrogen) atoms. The first-order chi connectivity index (χ1) is 13.4. The fraction of sp³-hybridized carbons (Fsp3) is 0.429. The molecule has 2 aliphatic heterocycles. The Morgan fingerprint density at radius 2 is 1.93 bits per heavy atom. The fourth-order valence-corrected chi connectivity index (χ4v) is 4.19. The van der Waals surface area contributed by atoms with Gasteiger partial charge in [-0.25, -0.2) is 4.39 Å². The quantitative estimate of drug-likeness (QED) is 0.632. The van der Waals surface area contributed by atoms with Gasteiger partial charge in [0.05, 0.1) is 5.69 Å². The molecule has 0 radical (unpaired) electrons. The van der Waals surface area contributed by atoms with Gasteiger partial charge in [-0.1, -0.05) is 11.6 Å². The molecule has 1 spiro atoms. The molecular weight excluding hydrogens is 454 g/mol. The molecule has 0 aromatic heterocycles. The number of ether oxygens (including phenoxy) is 2. The normalized spacial score (nSPS) is 18.0. The van der Waals surface area contributed by atoms with Gasteiger partial charge in [-0.15, -0.1) is 24.8 Å². The van der Waals surface area contributed by atoms with Gasteiger partial charge in [-0.2, -0.15) is 0 Å². The number of fused-ring (bicyclic) bond motifs is 1. The topological polar surface area (TPSA) is 68.0 Å². The Morgan fingerprint density at radius 3 is 2.67 bits per heavy atom. The molecule has 5 nitrogen and oxygen atoms in total. The lowest BCUT2D eigenvalue weighted by Gasteiger charge is -2.39. The summed E-state index contributed by atoms with van der Waals surface area (Å²) in [6, 6.07) is 9.74. The molecule has 0 unspecified atom stereocenters. The van der Waals surface area contributed by atoms with Gasteiger partial charge < -0.3 is 25.2 Å². The minimum absolute atomic E-state index is 0. The highest BCUT2D eigenvalue weighted by molar-refractivity contribution is 6.30. The van der Waals surface area contributed by atoms with Crippen molar-refractivity contribution in [3.05, 3.63) is 52.8 Å². The van der Waals surface area contributed by atoms with Crippen molar-refractivity contribution in [2.75, 3.05) is 32.0 Å². The smallest absolute Gasteiger partial charge is 0.145 e. The van der Waals surface area contributed by atoms with Crippen molar-refractivity contribution >= 4 is 42.1 Å². The summed E-state index contributed by atoms with van der Waals surface area (Å²) < 4.78 is 25.0. The fourth-order valence-electron chi connectivity index (χ4n) is 3.99. The molecule has 166 valence electrons. The average Bonchev–Trinajstić information content (AvgIpc) is 3.01. The van der Waals surface area contributed by atoms with Gasteiger partial charge in [-0.3, -0.25) is 0 Å². The number of hydrogen-bond donors (Lipinski definition) is 2. The summed E-state index contributed by atoms with van der Waals surface area (Å²) in [5.74, 6) is 0.769. The lowest BCUT2D eigenvalue weighted by Crippen LogP contribution is -2.49. The van der Waals surface area contributed by atoms with Crippen molar-refractivity contribution in [2.24, 2.45) is 0 Å². The maximum absolute atomic E-state index is 13.3. The minimum atomic E-state index is -0.683. The predicted molar refractivity (Wildman–Crippen MR) is 121 cm³/mol. The second-order valence-corrected chi connectivity index (χ2v) is 8.10. The third-order valence-electron chi connectivity index (χ3n) is 5.50. The van der Waals surface area contributed by atoms with E-state index < -0.39 is 11.9 Å². The van der Waals surface area contributed by atoms with Crippen LogP contribution in [0.2, 0.25) is 5.02 Å². The Kier molecular flexibility index (Phi) is 8.48. The highest BCUT2D eigenvalue weighted by Gasteiger charge is 2.42. The molecule has 3 N–H and O–H groups in total. The van der Waals surface area contributed by atoms with Crippen molar-refractivity contribution in [3.63, 3.8) is 0 Å². The molecule has 4 rings (SSSR count). The summed E-state index contributed by atoms with van der Waals surface area (Å²) in [5, 5.41) is 11.0. The number of benzene rings is 2. The average molecular weight is 480 g/mol. The second kappa shape index (κ2) is 10.2. The lowest BCUT2D eigenvalue weighted by molar-refractivity contribution is -0.00192. The Balaban J connectivity index is 0.00000160. The van der Waals surface area contributed by atoms with Gasteiger partial charge in [0.2, 0.25) is 0 Å². The Bertz CT molecular complexity index is 863. The highest BCUT2D eigenvalue weighted by atomic mass is 35.5. The Hall–Kier alpha value is -1.44. The Morgan fingerprint density at radius 1 is 1.20 bits per heavy atom. The molecule has 9 heteroatoms. The number of β-amino-alcohol motifs (C(OH)–C–C–N with tert-alkyl or cyclic N) is 1. The van der Waals surface area contributed by atoms with E-state index in [0.29, 0.717) is 12.2 Å². The van der Waals surface area contributed by atoms with Crippen LogP contribution in [-0.4, -0.2) is 48.0 Å². The molecule has 2 aliphatic rings. The summed E-state index contributed by atoms with van der Waals surface area (Å²) in [6.07, 6.45) is 1.98. The number of nitrogen functional groups attached to an aromatic ring is 1. The van der Waals surface area contributed by atoms with E-state index in [1.807, 2.05) is 18.2 Å². The van der Waals surface area contributed by atoms with Crippen molar-refractivity contribution in [1.82, 2.24) is 4.90 Å². The number of piperidine rings is 1. The molecule has 2 heterocycles. The first kappa shape index (κ1) is 24.8. The largest absolute Gasteiger partial charge is 0.489 e. The van der Waals surface area contributed by atoms with Gasteiger partial charge in [-0.05, 0) is 35.9 Å². The van der Waals surface area contributed by atoms with Crippen molar-refractivity contribution < 1.29 is 19.0 Å². The monoisotopic (exact) mass is 478 g/mol. The van der Waals surface area contributed by atoms with E-state index >= 15 is 0 Å². The Labute approximate surface area is 193 Å². The van der Waals surface area contributed by atoms with E-state index in [2.05, 4.69) is 4.90 Å². The maximum Gasteiger partial charge on any atom is 0.145 e. The van der Waals surface area contributed by atoms with Crippen LogP contribution < -0.4 is 15.2 Å². The van der Waals surface area contributed by atoms with Gasteiger partial charge >= 0.3 is 0 Å². The number of anilines is 1. The zero-order valence-corrected chi connectivity index (χ0v) is 18.7. The van der Waals surface area contributed by atoms with Crippen molar-refractivity contribution in [2.45, 2.75) is 31.0 Å². The number of halogens is 4. The summed E-state index contributed by atoms with van der Waals surface area (Å²) >= 11 is 6.09. The predicted octanol–water partition coefficient (Wildman–Crippen LogP) is 4.11. The number of likely N-dealkylation sites (tertiary alicyclic amines) is 1. The molecule has 1 atom stereocenters. The van der Waals surface area contributed by atoms with E-state index in [9.17, 15) is 9.50 Å². The minimum Gasteiger partial charge on any atom is -0.489 e. The number of hydrogen-bond acceptors (Lipinski definition) is 5. The first-order valence-electron chi connectivity index (χ1n) is 9.48. The molecule has 0 aliphatic carbocycles. The van der Waals surface area contributed by atoms with Crippen molar-refractivity contribution in [1.29, 1.82) is 0 Å². The van der Waals surface area contributed by atoms with E-state index in [4.69, 9.17) is 26.8 Å². The summed E-state index contributed by atoms with van der Waals surface area (Å²) in [5.41, 5.74) is 7.12. The third-order valence-corrected chi connectivity index (χ3v) is 5.74. The summed E-state index contributed by atoms with van der Waals surface area (Å²) in [4.78, 5) is 2.20. The first-order valence-corrected chi connectivity index (χ1v) is 9.86. The third kappa shape index (κ3) is 5.62. The van der Waals surface area contributed by atoms with Gasteiger partial charge in [0.25, 0.3) is 0 Å². The second-order valence-electron chi connectivity index (χ2n) is 7.66. The number of rotatable bonds is 5. The molecule has 1 saturated heterocycles. The van der Waals surface area contributed by atoms with Gasteiger partial charge in [0.1, 0.15) is 35.6 Å². The molecular formula is C21H26Cl3FN2O3. The van der Waals surface area contributed by atoms with E-state index in [0.717, 1.165) is 43.1 Å². The standard InChI is InChI=1S/C21H24ClFN2O3.2ClH/c22-15-1-4-19-14(9-15)11-21(28-19)5-7-25(8-6-21)12-17(26)13-27-20-10-16(23)2-3-18(20)24;;/h1-4,9-10,17,26H,5-8,11-13,24H2;2*1H/t17-;;/m0../s1. The zero-order chi connectivity index (χ0) is 19.7. The molecule has 0 saturated carbocycles.